The van der Waals surface area contributed by atoms with Gasteiger partial charge in [-0.1, -0.05) is 25.5 Å². The van der Waals surface area contributed by atoms with E-state index < -0.39 is 0 Å². The summed E-state index contributed by atoms with van der Waals surface area (Å²) < 4.78 is 0. The van der Waals surface area contributed by atoms with Crippen LogP contribution < -0.4 is 0 Å². The molecule has 0 saturated heterocycles. The molecule has 0 aromatic heterocycles. The lowest BCUT2D eigenvalue weighted by Crippen LogP contribution is -1.82. The second-order valence-electron chi connectivity index (χ2n) is 2.42. The van der Waals surface area contributed by atoms with Gasteiger partial charge in [-0.05, 0) is 36.6 Å². The Labute approximate surface area is 62.9 Å². The largest absolute Gasteiger partial charge is 0.0654 e. The Bertz CT molecular complexity index is 165. The minimum Gasteiger partial charge on any atom is -0.0654 e. The van der Waals surface area contributed by atoms with Crippen molar-refractivity contribution in [2.75, 3.05) is 0 Å². The molecule has 0 aliphatic carbocycles. The molecule has 10 heavy (non-hydrogen) atoms. The van der Waals surface area contributed by atoms with Crippen LogP contribution in [0.15, 0.2) is 18.2 Å². The minimum absolute atomic E-state index is 1.16. The first kappa shape index (κ1) is 7.33. The second kappa shape index (κ2) is 4.10. The van der Waals surface area contributed by atoms with E-state index in [1.165, 1.54) is 18.4 Å². The van der Waals surface area contributed by atoms with Gasteiger partial charge in [0.2, 0.25) is 0 Å². The average molecular weight is 132 g/mol. The Hall–Kier alpha value is -0.780. The van der Waals surface area contributed by atoms with Gasteiger partial charge in [-0.3, -0.25) is 0 Å². The first-order valence-electron chi connectivity index (χ1n) is 3.80. The highest BCUT2D eigenvalue weighted by molar-refractivity contribution is 5.11. The maximum absolute atomic E-state index is 3.15. The molecule has 0 bridgehead atoms. The highest BCUT2D eigenvalue weighted by Gasteiger charge is 1.88. The van der Waals surface area contributed by atoms with Crippen LogP contribution in [0.2, 0.25) is 0 Å². The van der Waals surface area contributed by atoms with Crippen molar-refractivity contribution in [1.82, 2.24) is 0 Å². The summed E-state index contributed by atoms with van der Waals surface area (Å²) in [7, 11) is 0. The van der Waals surface area contributed by atoms with Crippen molar-refractivity contribution in [1.29, 1.82) is 0 Å². The summed E-state index contributed by atoms with van der Waals surface area (Å²) in [5.41, 5.74) is 1.31. The third kappa shape index (κ3) is 2.22. The fourth-order valence-electron chi connectivity index (χ4n) is 0.902. The molecule has 52 valence electrons. The number of unbranched alkanes of at least 4 members (excludes halogenated alkanes) is 1. The van der Waals surface area contributed by atoms with Crippen molar-refractivity contribution in [3.05, 3.63) is 35.9 Å². The summed E-state index contributed by atoms with van der Waals surface area (Å²) in [6.45, 7) is 2.20. The lowest BCUT2D eigenvalue weighted by molar-refractivity contribution is 0.794. The van der Waals surface area contributed by atoms with E-state index in [2.05, 4.69) is 25.1 Å². The smallest absolute Gasteiger partial charge is 0.0143 e. The normalized spacial score (nSPS) is 9.70. The monoisotopic (exact) mass is 132 g/mol. The van der Waals surface area contributed by atoms with E-state index in [-0.39, 0.29) is 0 Å². The molecule has 0 aliphatic rings. The lowest BCUT2D eigenvalue weighted by atomic mass is 10.1. The number of rotatable bonds is 3. The Balaban J connectivity index is 2.43. The molecule has 0 fully saturated rings. The van der Waals surface area contributed by atoms with Crippen molar-refractivity contribution >= 4 is 0 Å². The number of hydrogen-bond acceptors (Lipinski definition) is 0. The molecule has 1 rings (SSSR count). The zero-order chi connectivity index (χ0) is 7.23. The number of aryl methyl sites for hydroxylation is 1. The van der Waals surface area contributed by atoms with Crippen molar-refractivity contribution < 1.29 is 0 Å². The molecule has 0 N–H and O–H groups in total. The van der Waals surface area contributed by atoms with E-state index in [0.29, 0.717) is 0 Å². The minimum atomic E-state index is 1.16. The summed E-state index contributed by atoms with van der Waals surface area (Å²) in [6.07, 6.45) is 3.68. The topological polar surface area (TPSA) is 0 Å². The maximum atomic E-state index is 3.15. The molecule has 0 nitrogen and oxygen atoms in total. The SMILES string of the molecule is CCCCc1[c]c[c]cc1. The van der Waals surface area contributed by atoms with Gasteiger partial charge in [-0.25, -0.2) is 0 Å². The van der Waals surface area contributed by atoms with Crippen LogP contribution in [0.25, 0.3) is 0 Å². The first-order chi connectivity index (χ1) is 4.93. The molecular weight excluding hydrogens is 120 g/mol. The van der Waals surface area contributed by atoms with E-state index in [1.54, 1.807) is 0 Å². The summed E-state index contributed by atoms with van der Waals surface area (Å²) in [6, 6.07) is 12.0. The van der Waals surface area contributed by atoms with Gasteiger partial charge in [0.1, 0.15) is 0 Å². The predicted octanol–water partition coefficient (Wildman–Crippen LogP) is 2.63. The van der Waals surface area contributed by atoms with Crippen molar-refractivity contribution in [3.63, 3.8) is 0 Å². The molecule has 0 amide bonds. The third-order valence-corrected chi connectivity index (χ3v) is 1.52. The highest BCUT2D eigenvalue weighted by atomic mass is 13.9. The molecule has 0 spiro atoms. The zero-order valence-corrected chi connectivity index (χ0v) is 6.35. The Morgan fingerprint density at radius 1 is 1.50 bits per heavy atom. The molecule has 0 heteroatoms. The fourth-order valence-corrected chi connectivity index (χ4v) is 0.902. The van der Waals surface area contributed by atoms with Gasteiger partial charge in [-0.15, -0.1) is 0 Å². The lowest BCUT2D eigenvalue weighted by Gasteiger charge is -1.95. The Morgan fingerprint density at radius 3 is 3.00 bits per heavy atom. The molecule has 0 aliphatic heterocycles. The summed E-state index contributed by atoms with van der Waals surface area (Å²) in [5, 5.41) is 0. The average Bonchev–Trinajstić information content (AvgIpc) is 2.03. The fraction of sp³-hybridized carbons (Fsp3) is 0.400. The molecule has 2 radical (unpaired) electrons. The van der Waals surface area contributed by atoms with E-state index in [0.717, 1.165) is 6.42 Å². The Kier molecular flexibility index (Phi) is 3.01. The van der Waals surface area contributed by atoms with Crippen LogP contribution in [0.5, 0.6) is 0 Å². The van der Waals surface area contributed by atoms with E-state index in [1.807, 2.05) is 12.1 Å². The highest BCUT2D eigenvalue weighted by Crippen LogP contribution is 2.02. The van der Waals surface area contributed by atoms with Gasteiger partial charge < -0.3 is 0 Å². The third-order valence-electron chi connectivity index (χ3n) is 1.52. The quantitative estimate of drug-likeness (QED) is 0.593. The van der Waals surface area contributed by atoms with Crippen LogP contribution in [-0.4, -0.2) is 0 Å². The van der Waals surface area contributed by atoms with Gasteiger partial charge in [0.15, 0.2) is 0 Å². The van der Waals surface area contributed by atoms with Gasteiger partial charge >= 0.3 is 0 Å². The van der Waals surface area contributed by atoms with Crippen LogP contribution in [0, 0.1) is 12.1 Å². The van der Waals surface area contributed by atoms with E-state index in [9.17, 15) is 0 Å². The maximum Gasteiger partial charge on any atom is -0.0143 e. The molecule has 0 heterocycles. The predicted molar refractivity (Wildman–Crippen MR) is 42.7 cm³/mol. The molecule has 0 atom stereocenters. The van der Waals surface area contributed by atoms with Crippen LogP contribution in [-0.2, 0) is 6.42 Å². The van der Waals surface area contributed by atoms with Crippen LogP contribution in [0.1, 0.15) is 25.3 Å². The molecular formula is C10H12. The van der Waals surface area contributed by atoms with Crippen LogP contribution in [0.4, 0.5) is 0 Å². The molecule has 1 aromatic carbocycles. The van der Waals surface area contributed by atoms with E-state index in [4.69, 9.17) is 0 Å². The van der Waals surface area contributed by atoms with Crippen LogP contribution >= 0.6 is 0 Å². The standard InChI is InChI=1S/C10H12/c1-2-3-7-10-8-5-4-6-9-10/h5-6,8H,2-3,7H2,1H3. The van der Waals surface area contributed by atoms with Gasteiger partial charge in [0.05, 0.1) is 0 Å². The number of benzene rings is 1. The van der Waals surface area contributed by atoms with Gasteiger partial charge in [0.25, 0.3) is 0 Å². The summed E-state index contributed by atoms with van der Waals surface area (Å²) in [4.78, 5) is 0. The zero-order valence-electron chi connectivity index (χ0n) is 6.35. The van der Waals surface area contributed by atoms with Crippen molar-refractivity contribution in [2.45, 2.75) is 26.2 Å². The van der Waals surface area contributed by atoms with Crippen LogP contribution in [0.3, 0.4) is 0 Å². The Morgan fingerprint density at radius 2 is 2.40 bits per heavy atom. The number of hydrogen-bond donors (Lipinski definition) is 0. The summed E-state index contributed by atoms with van der Waals surface area (Å²) >= 11 is 0. The van der Waals surface area contributed by atoms with Crippen molar-refractivity contribution in [3.8, 4) is 0 Å². The first-order valence-corrected chi connectivity index (χ1v) is 3.80. The van der Waals surface area contributed by atoms with Gasteiger partial charge in [-0.2, -0.15) is 0 Å². The molecule has 0 unspecified atom stereocenters. The molecule has 0 saturated carbocycles. The summed E-state index contributed by atoms with van der Waals surface area (Å²) in [5.74, 6) is 0. The molecule has 1 aromatic rings. The van der Waals surface area contributed by atoms with Crippen molar-refractivity contribution in [2.24, 2.45) is 0 Å². The van der Waals surface area contributed by atoms with Gasteiger partial charge in [0, 0.05) is 0 Å². The second-order valence-corrected chi connectivity index (χ2v) is 2.42. The van der Waals surface area contributed by atoms with E-state index >= 15 is 0 Å².